The first-order valence-corrected chi connectivity index (χ1v) is 23.8. The van der Waals surface area contributed by atoms with Gasteiger partial charge in [0.05, 0.1) is 11.1 Å². The van der Waals surface area contributed by atoms with Crippen LogP contribution in [0.2, 0.25) is 0 Å². The summed E-state index contributed by atoms with van der Waals surface area (Å²) in [6, 6.07) is -1.32. The molecule has 0 spiro atoms. The van der Waals surface area contributed by atoms with Gasteiger partial charge in [-0.3, -0.25) is 34.0 Å². The first kappa shape index (κ1) is 56.2. The number of aliphatic carboxylic acids is 3. The molecule has 3 N–H and O–H groups in total. The van der Waals surface area contributed by atoms with Gasteiger partial charge in [-0.05, 0) is 43.0 Å². The van der Waals surface area contributed by atoms with E-state index in [0.717, 1.165) is 96.3 Å². The van der Waals surface area contributed by atoms with Crippen molar-refractivity contribution in [1.29, 1.82) is 0 Å². The topological polar surface area (TPSA) is 125 Å². The van der Waals surface area contributed by atoms with Gasteiger partial charge in [0.1, 0.15) is 18.1 Å². The van der Waals surface area contributed by atoms with E-state index in [1.54, 1.807) is 14.7 Å². The van der Waals surface area contributed by atoms with Crippen LogP contribution in [0, 0.1) is 0 Å². The molecule has 2 rings (SSSR count). The Morgan fingerprint density at radius 1 is 0.460 bits per heavy atom. The summed E-state index contributed by atoms with van der Waals surface area (Å²) in [6.07, 6.45) is 7.79. The van der Waals surface area contributed by atoms with Crippen LogP contribution in [0.4, 0.5) is 26.3 Å². The summed E-state index contributed by atoms with van der Waals surface area (Å²) in [5.41, 5.74) is -3.10. The lowest BCUT2D eigenvalue weighted by Gasteiger charge is -2.39. The largest absolute Gasteiger partial charge is 0.480 e. The quantitative estimate of drug-likeness (QED) is 0.0529. The van der Waals surface area contributed by atoms with Crippen LogP contribution in [-0.2, 0) is 33.3 Å². The molecule has 1 aromatic carbocycles. The Bertz CT molecular complexity index is 1370. The van der Waals surface area contributed by atoms with E-state index in [-0.39, 0.29) is 70.5 Å². The van der Waals surface area contributed by atoms with Gasteiger partial charge in [-0.2, -0.15) is 26.3 Å². The molecule has 16 heteroatoms. The maximum absolute atomic E-state index is 13.9. The molecule has 10 nitrogen and oxygen atoms in total. The van der Waals surface area contributed by atoms with Crippen LogP contribution in [0.3, 0.4) is 0 Å². The van der Waals surface area contributed by atoms with Crippen LogP contribution >= 0.6 is 0 Å². The lowest BCUT2D eigenvalue weighted by atomic mass is 10.0. The molecule has 63 heavy (non-hydrogen) atoms. The summed E-state index contributed by atoms with van der Waals surface area (Å²) in [5, 5.41) is 31.8. The molecule has 1 aliphatic heterocycles. The fraction of sp³-hybridized carbons (Fsp3) is 0.809. The zero-order chi connectivity index (χ0) is 46.8. The molecule has 1 aromatic rings. The number of carbonyl (C=O) groups is 3. The van der Waals surface area contributed by atoms with Crippen LogP contribution in [0.1, 0.15) is 172 Å². The summed E-state index contributed by atoms with van der Waals surface area (Å²) >= 11 is 0. The molecule has 0 amide bonds. The Kier molecular flexibility index (Phi) is 27.0. The number of hydrogen-bond acceptors (Lipinski definition) is 7. The number of carboxylic acid groups (broad SMARTS) is 3. The van der Waals surface area contributed by atoms with Crippen molar-refractivity contribution in [3.8, 4) is 0 Å². The van der Waals surface area contributed by atoms with E-state index in [9.17, 15) is 56.0 Å². The Labute approximate surface area is 372 Å². The van der Waals surface area contributed by atoms with Crippen LogP contribution < -0.4 is 0 Å². The molecule has 0 radical (unpaired) electrons. The molecule has 0 aliphatic carbocycles. The SMILES string of the molecule is CCCCCCCCC(C(=O)O)N1CCN(Cc2cc(C(F)(F)F)cc(C(F)(F)F)c2)CCN(C(CCCCCCCC)C(=O)O)CCN(C(CCCCCCCC)C(=O)O)CC1. The maximum Gasteiger partial charge on any atom is 0.416 e. The lowest BCUT2D eigenvalue weighted by molar-refractivity contribution is -0.147. The maximum atomic E-state index is 13.9. The van der Waals surface area contributed by atoms with Crippen LogP contribution in [0.15, 0.2) is 18.2 Å². The Morgan fingerprint density at radius 2 is 0.730 bits per heavy atom. The van der Waals surface area contributed by atoms with Gasteiger partial charge in [0.15, 0.2) is 0 Å². The minimum absolute atomic E-state index is 0.0566. The Hall–Kier alpha value is -2.95. The molecular formula is C47H78F6N4O6. The number of halogens is 6. The van der Waals surface area contributed by atoms with Gasteiger partial charge in [0, 0.05) is 58.9 Å². The summed E-state index contributed by atoms with van der Waals surface area (Å²) < 4.78 is 83.7. The number of unbranched alkanes of at least 4 members (excludes halogenated alkanes) is 15. The molecule has 1 heterocycles. The minimum atomic E-state index is -5.04. The van der Waals surface area contributed by atoms with E-state index >= 15 is 0 Å². The van der Waals surface area contributed by atoms with Gasteiger partial charge in [-0.1, -0.05) is 136 Å². The van der Waals surface area contributed by atoms with Crippen molar-refractivity contribution in [1.82, 2.24) is 19.6 Å². The van der Waals surface area contributed by atoms with E-state index in [0.29, 0.717) is 50.7 Å². The summed E-state index contributed by atoms with van der Waals surface area (Å²) in [6.45, 7) is 6.90. The molecule has 1 saturated heterocycles. The zero-order valence-corrected chi connectivity index (χ0v) is 38.3. The Balaban J connectivity index is 2.61. The zero-order valence-electron chi connectivity index (χ0n) is 38.3. The van der Waals surface area contributed by atoms with Crippen molar-refractivity contribution < 1.29 is 56.0 Å². The van der Waals surface area contributed by atoms with Crippen molar-refractivity contribution in [2.24, 2.45) is 0 Å². The smallest absolute Gasteiger partial charge is 0.416 e. The van der Waals surface area contributed by atoms with Gasteiger partial charge in [-0.15, -0.1) is 0 Å². The summed E-state index contributed by atoms with van der Waals surface area (Å²) in [7, 11) is 0. The molecule has 1 fully saturated rings. The highest BCUT2D eigenvalue weighted by Gasteiger charge is 2.38. The third-order valence-corrected chi connectivity index (χ3v) is 12.5. The average molecular weight is 909 g/mol. The van der Waals surface area contributed by atoms with Crippen molar-refractivity contribution in [2.75, 3.05) is 52.4 Å². The van der Waals surface area contributed by atoms with Crippen LogP contribution in [0.25, 0.3) is 0 Å². The standard InChI is InChI=1S/C47H78F6N4O6/c1-4-7-10-13-16-19-22-40(43(58)59)55-27-25-54(36-37-33-38(46(48,49)50)35-39(34-37)47(51,52)53)26-28-56(41(44(60)61)23-20-17-14-11-8-5-2)30-32-57(31-29-55)42(45(62)63)24-21-18-15-12-9-6-3/h33-35,40-42H,4-32,36H2,1-3H3,(H,58,59)(H,60,61)(H,62,63). The molecule has 364 valence electrons. The van der Waals surface area contributed by atoms with Crippen LogP contribution in [0.5, 0.6) is 0 Å². The van der Waals surface area contributed by atoms with Gasteiger partial charge < -0.3 is 15.3 Å². The van der Waals surface area contributed by atoms with Gasteiger partial charge in [0.25, 0.3) is 0 Å². The number of nitrogens with zero attached hydrogens (tertiary/aromatic N) is 4. The first-order valence-electron chi connectivity index (χ1n) is 23.8. The van der Waals surface area contributed by atoms with Gasteiger partial charge >= 0.3 is 30.3 Å². The minimum Gasteiger partial charge on any atom is -0.480 e. The fourth-order valence-corrected chi connectivity index (χ4v) is 8.70. The monoisotopic (exact) mass is 909 g/mol. The second kappa shape index (κ2) is 30.3. The molecule has 3 unspecified atom stereocenters. The van der Waals surface area contributed by atoms with E-state index in [1.807, 2.05) is 4.90 Å². The highest BCUT2D eigenvalue weighted by atomic mass is 19.4. The average Bonchev–Trinajstić information content (AvgIpc) is 3.21. The lowest BCUT2D eigenvalue weighted by Crippen LogP contribution is -2.54. The van der Waals surface area contributed by atoms with Crippen molar-refractivity contribution in [3.05, 3.63) is 34.9 Å². The predicted octanol–water partition coefficient (Wildman–Crippen LogP) is 11.1. The van der Waals surface area contributed by atoms with E-state index in [1.165, 1.54) is 0 Å². The molecule has 0 saturated carbocycles. The predicted molar refractivity (Wildman–Crippen MR) is 235 cm³/mol. The molecule has 0 aromatic heterocycles. The first-order chi connectivity index (χ1) is 29.9. The number of hydrogen-bond donors (Lipinski definition) is 3. The van der Waals surface area contributed by atoms with Gasteiger partial charge in [0.2, 0.25) is 0 Å². The second-order valence-corrected chi connectivity index (χ2v) is 17.5. The highest BCUT2D eigenvalue weighted by molar-refractivity contribution is 5.74. The summed E-state index contributed by atoms with van der Waals surface area (Å²) in [5.74, 6) is -3.13. The van der Waals surface area contributed by atoms with E-state index < -0.39 is 59.5 Å². The second-order valence-electron chi connectivity index (χ2n) is 17.5. The molecule has 0 bridgehead atoms. The van der Waals surface area contributed by atoms with Gasteiger partial charge in [-0.25, -0.2) is 0 Å². The normalized spacial score (nSPS) is 17.5. The number of rotatable bonds is 29. The number of carboxylic acids is 3. The third kappa shape index (κ3) is 22.2. The Morgan fingerprint density at radius 3 is 1.00 bits per heavy atom. The molecule has 1 aliphatic rings. The van der Waals surface area contributed by atoms with Crippen LogP contribution in [-0.4, -0.2) is 123 Å². The number of alkyl halides is 6. The fourth-order valence-electron chi connectivity index (χ4n) is 8.70. The summed E-state index contributed by atoms with van der Waals surface area (Å²) in [4.78, 5) is 45.9. The molecule has 3 atom stereocenters. The molecular weight excluding hydrogens is 831 g/mol. The van der Waals surface area contributed by atoms with Crippen molar-refractivity contribution >= 4 is 17.9 Å². The van der Waals surface area contributed by atoms with E-state index in [2.05, 4.69) is 20.8 Å². The van der Waals surface area contributed by atoms with E-state index in [4.69, 9.17) is 0 Å². The van der Waals surface area contributed by atoms with Crippen molar-refractivity contribution in [2.45, 2.75) is 193 Å². The third-order valence-electron chi connectivity index (χ3n) is 12.5. The van der Waals surface area contributed by atoms with Crippen molar-refractivity contribution in [3.63, 3.8) is 0 Å². The number of benzene rings is 1. The highest BCUT2D eigenvalue weighted by Crippen LogP contribution is 2.36.